The fourth-order valence-electron chi connectivity index (χ4n) is 3.45. The third-order valence-electron chi connectivity index (χ3n) is 4.48. The van der Waals surface area contributed by atoms with E-state index < -0.39 is 0 Å². The molecule has 5 heteroatoms. The van der Waals surface area contributed by atoms with Crippen LogP contribution in [0.1, 0.15) is 24.9 Å². The van der Waals surface area contributed by atoms with Crippen LogP contribution in [-0.4, -0.2) is 65.4 Å². The van der Waals surface area contributed by atoms with Crippen molar-refractivity contribution in [2.75, 3.05) is 39.8 Å². The van der Waals surface area contributed by atoms with Gasteiger partial charge >= 0.3 is 0 Å². The van der Waals surface area contributed by atoms with Crippen LogP contribution in [0.4, 0.5) is 0 Å². The Morgan fingerprint density at radius 1 is 1.37 bits per heavy atom. The summed E-state index contributed by atoms with van der Waals surface area (Å²) in [5, 5.41) is 7.98. The van der Waals surface area contributed by atoms with Gasteiger partial charge in [-0.1, -0.05) is 6.92 Å². The van der Waals surface area contributed by atoms with E-state index in [-0.39, 0.29) is 0 Å². The van der Waals surface area contributed by atoms with Crippen LogP contribution in [0.3, 0.4) is 0 Å². The molecule has 0 saturated carbocycles. The lowest BCUT2D eigenvalue weighted by molar-refractivity contribution is -0.00255. The zero-order valence-corrected chi connectivity index (χ0v) is 12.0. The maximum absolute atomic E-state index is 4.48. The van der Waals surface area contributed by atoms with Crippen molar-refractivity contribution >= 4 is 0 Å². The first-order valence-electron chi connectivity index (χ1n) is 7.48. The number of hydrogen-bond donors (Lipinski definition) is 1. The first-order valence-corrected chi connectivity index (χ1v) is 7.48. The summed E-state index contributed by atoms with van der Waals surface area (Å²) < 4.78 is 2.07. The van der Waals surface area contributed by atoms with Gasteiger partial charge in [-0.2, -0.15) is 5.10 Å². The zero-order chi connectivity index (χ0) is 13.2. The normalized spacial score (nSPS) is 31.6. The Bertz CT molecular complexity index is 408. The van der Waals surface area contributed by atoms with Crippen LogP contribution in [0.15, 0.2) is 12.4 Å². The molecule has 3 aliphatic heterocycles. The highest BCUT2D eigenvalue weighted by atomic mass is 15.4. The van der Waals surface area contributed by atoms with Crippen LogP contribution in [0.25, 0.3) is 0 Å². The predicted octanol–water partition coefficient (Wildman–Crippen LogP) is 0.553. The van der Waals surface area contributed by atoms with Gasteiger partial charge in [0.05, 0.1) is 12.2 Å². The summed E-state index contributed by atoms with van der Waals surface area (Å²) in [6, 6.07) is 0.987. The van der Waals surface area contributed by atoms with E-state index in [9.17, 15) is 0 Å². The fourth-order valence-corrected chi connectivity index (χ4v) is 3.45. The molecular formula is C14H25N5. The number of likely N-dealkylation sites (N-methyl/N-ethyl adjacent to an activating group) is 1. The second-order valence-corrected chi connectivity index (χ2v) is 5.71. The molecule has 4 heterocycles. The largest absolute Gasteiger partial charge is 0.312 e. The second kappa shape index (κ2) is 5.61. The van der Waals surface area contributed by atoms with Gasteiger partial charge < -0.3 is 5.32 Å². The van der Waals surface area contributed by atoms with Gasteiger partial charge in [-0.05, 0) is 13.5 Å². The van der Waals surface area contributed by atoms with Crippen molar-refractivity contribution in [1.29, 1.82) is 0 Å². The van der Waals surface area contributed by atoms with Crippen molar-refractivity contribution in [2.24, 2.45) is 0 Å². The molecule has 2 bridgehead atoms. The summed E-state index contributed by atoms with van der Waals surface area (Å²) in [4.78, 5) is 5.23. The lowest BCUT2D eigenvalue weighted by Gasteiger charge is -2.50. The molecule has 0 aromatic carbocycles. The Balaban J connectivity index is 1.75. The smallest absolute Gasteiger partial charge is 0.0538 e. The summed E-state index contributed by atoms with van der Waals surface area (Å²) in [5.74, 6) is 0. The van der Waals surface area contributed by atoms with Gasteiger partial charge in [0.2, 0.25) is 0 Å². The van der Waals surface area contributed by atoms with Gasteiger partial charge in [0.1, 0.15) is 0 Å². The van der Waals surface area contributed by atoms with Crippen molar-refractivity contribution < 1.29 is 0 Å². The first-order chi connectivity index (χ1) is 9.31. The average Bonchev–Trinajstić information content (AvgIpc) is 2.90. The minimum Gasteiger partial charge on any atom is -0.312 e. The molecule has 0 amide bonds. The Kier molecular flexibility index (Phi) is 3.86. The highest BCUT2D eigenvalue weighted by molar-refractivity contribution is 5.15. The number of fused-ring (bicyclic) bond motifs is 3. The molecule has 3 fully saturated rings. The summed E-state index contributed by atoms with van der Waals surface area (Å²) in [5.41, 5.74) is 1.33. The number of nitrogens with one attached hydrogen (secondary N) is 1. The van der Waals surface area contributed by atoms with Gasteiger partial charge in [-0.15, -0.1) is 0 Å². The molecule has 2 atom stereocenters. The first kappa shape index (κ1) is 13.1. The van der Waals surface area contributed by atoms with E-state index in [2.05, 4.69) is 45.1 Å². The second-order valence-electron chi connectivity index (χ2n) is 5.71. The Morgan fingerprint density at radius 2 is 2.16 bits per heavy atom. The molecule has 1 aromatic heterocycles. The standard InChI is InChI=1S/C14H25N5/c1-3-4-19-10-12(9-16-19)14(15-2)13-11-17-5-7-18(13)8-6-17/h9-10,13-15H,3-8,11H2,1-2H3. The van der Waals surface area contributed by atoms with Crippen LogP contribution in [-0.2, 0) is 6.54 Å². The molecular weight excluding hydrogens is 238 g/mol. The van der Waals surface area contributed by atoms with E-state index in [1.54, 1.807) is 0 Å². The summed E-state index contributed by atoms with van der Waals surface area (Å²) in [6.07, 6.45) is 5.38. The fraction of sp³-hybridized carbons (Fsp3) is 0.786. The summed E-state index contributed by atoms with van der Waals surface area (Å²) in [7, 11) is 2.07. The molecule has 0 aliphatic carbocycles. The third-order valence-corrected chi connectivity index (χ3v) is 4.48. The molecule has 3 saturated heterocycles. The monoisotopic (exact) mass is 263 g/mol. The van der Waals surface area contributed by atoms with Crippen LogP contribution in [0.5, 0.6) is 0 Å². The average molecular weight is 263 g/mol. The van der Waals surface area contributed by atoms with Crippen LogP contribution < -0.4 is 5.32 Å². The highest BCUT2D eigenvalue weighted by Crippen LogP contribution is 2.26. The van der Waals surface area contributed by atoms with E-state index in [1.165, 1.54) is 38.3 Å². The van der Waals surface area contributed by atoms with Gasteiger partial charge in [-0.25, -0.2) is 0 Å². The molecule has 0 radical (unpaired) electrons. The summed E-state index contributed by atoms with van der Waals surface area (Å²) in [6.45, 7) is 9.29. The van der Waals surface area contributed by atoms with E-state index in [4.69, 9.17) is 0 Å². The number of aromatic nitrogens is 2. The molecule has 4 rings (SSSR count). The maximum Gasteiger partial charge on any atom is 0.0538 e. The number of nitrogens with zero attached hydrogens (tertiary/aromatic N) is 4. The molecule has 1 aromatic rings. The molecule has 2 unspecified atom stereocenters. The maximum atomic E-state index is 4.48. The van der Waals surface area contributed by atoms with E-state index in [0.29, 0.717) is 12.1 Å². The lowest BCUT2D eigenvalue weighted by Crippen LogP contribution is -2.63. The number of aryl methyl sites for hydroxylation is 1. The van der Waals surface area contributed by atoms with Crippen molar-refractivity contribution in [1.82, 2.24) is 24.9 Å². The molecule has 5 nitrogen and oxygen atoms in total. The predicted molar refractivity (Wildman–Crippen MR) is 76.1 cm³/mol. The van der Waals surface area contributed by atoms with Crippen LogP contribution in [0, 0.1) is 0 Å². The van der Waals surface area contributed by atoms with Crippen LogP contribution in [0.2, 0.25) is 0 Å². The quantitative estimate of drug-likeness (QED) is 0.842. The molecule has 3 aliphatic rings. The van der Waals surface area contributed by atoms with Crippen molar-refractivity contribution in [3.8, 4) is 0 Å². The van der Waals surface area contributed by atoms with E-state index >= 15 is 0 Å². The van der Waals surface area contributed by atoms with E-state index in [1.807, 2.05) is 6.20 Å². The Hall–Kier alpha value is -0.910. The van der Waals surface area contributed by atoms with Crippen molar-refractivity contribution in [3.05, 3.63) is 18.0 Å². The highest BCUT2D eigenvalue weighted by Gasteiger charge is 2.37. The summed E-state index contributed by atoms with van der Waals surface area (Å²) >= 11 is 0. The molecule has 0 spiro atoms. The van der Waals surface area contributed by atoms with Crippen molar-refractivity contribution in [2.45, 2.75) is 32.0 Å². The van der Waals surface area contributed by atoms with Crippen molar-refractivity contribution in [3.63, 3.8) is 0 Å². The Morgan fingerprint density at radius 3 is 2.74 bits per heavy atom. The zero-order valence-electron chi connectivity index (χ0n) is 12.0. The van der Waals surface area contributed by atoms with Crippen LogP contribution >= 0.6 is 0 Å². The number of rotatable bonds is 5. The topological polar surface area (TPSA) is 36.3 Å². The van der Waals surface area contributed by atoms with Gasteiger partial charge in [0.15, 0.2) is 0 Å². The number of hydrogen-bond acceptors (Lipinski definition) is 4. The van der Waals surface area contributed by atoms with Gasteiger partial charge in [0, 0.05) is 57.1 Å². The lowest BCUT2D eigenvalue weighted by atomic mass is 9.96. The van der Waals surface area contributed by atoms with Gasteiger partial charge in [-0.3, -0.25) is 14.5 Å². The van der Waals surface area contributed by atoms with E-state index in [0.717, 1.165) is 13.0 Å². The SMILES string of the molecule is CCCn1cc(C(NC)C2CN3CCN2CC3)cn1. The molecule has 19 heavy (non-hydrogen) atoms. The Labute approximate surface area is 115 Å². The molecule has 106 valence electrons. The van der Waals surface area contributed by atoms with Gasteiger partial charge in [0.25, 0.3) is 0 Å². The third kappa shape index (κ3) is 2.55. The molecule has 1 N–H and O–H groups in total. The number of piperazine rings is 3. The minimum absolute atomic E-state index is 0.397. The minimum atomic E-state index is 0.397.